The largest absolute Gasteiger partial charge is 0.394 e. The van der Waals surface area contributed by atoms with Gasteiger partial charge in [0, 0.05) is 18.6 Å². The van der Waals surface area contributed by atoms with Gasteiger partial charge >= 0.3 is 0 Å². The van der Waals surface area contributed by atoms with Gasteiger partial charge in [0.2, 0.25) is 0 Å². The molecule has 0 rings (SSSR count). The Morgan fingerprint density at radius 3 is 2.29 bits per heavy atom. The average Bonchev–Trinajstić information content (AvgIpc) is 2.18. The molecule has 0 aliphatic heterocycles. The summed E-state index contributed by atoms with van der Waals surface area (Å²) in [5, 5.41) is 27.2. The predicted molar refractivity (Wildman–Crippen MR) is 52.7 cm³/mol. The number of rotatable bonds is 7. The third-order valence-electron chi connectivity index (χ3n) is 1.69. The lowest BCUT2D eigenvalue weighted by Crippen LogP contribution is -2.40. The van der Waals surface area contributed by atoms with Gasteiger partial charge in [-0.3, -0.25) is 0 Å². The van der Waals surface area contributed by atoms with Gasteiger partial charge in [0.15, 0.2) is 5.44 Å². The van der Waals surface area contributed by atoms with Gasteiger partial charge in [-0.2, -0.15) is 0 Å². The summed E-state index contributed by atoms with van der Waals surface area (Å²) in [6, 6.07) is 0. The zero-order valence-electron chi connectivity index (χ0n) is 7.91. The van der Waals surface area contributed by atoms with E-state index in [-0.39, 0.29) is 18.6 Å². The van der Waals surface area contributed by atoms with E-state index >= 15 is 0 Å². The number of aliphatic hydroxyl groups is 3. The van der Waals surface area contributed by atoms with Gasteiger partial charge in [0.05, 0.1) is 12.7 Å². The first-order chi connectivity index (χ1) is 6.56. The summed E-state index contributed by atoms with van der Waals surface area (Å²) in [5.41, 5.74) is 4.20. The highest BCUT2D eigenvalue weighted by Gasteiger charge is 2.25. The molecule has 6 N–H and O–H groups in total. The third-order valence-corrected chi connectivity index (χ3v) is 2.32. The van der Waals surface area contributed by atoms with E-state index < -0.39 is 30.4 Å². The monoisotopic (exact) mass is 227 g/mol. The van der Waals surface area contributed by atoms with Crippen LogP contribution in [0, 0.1) is 0 Å². The van der Waals surface area contributed by atoms with Crippen molar-refractivity contribution in [1.82, 2.24) is 0 Å². The summed E-state index contributed by atoms with van der Waals surface area (Å²) in [5.74, 6) is 0. The Morgan fingerprint density at radius 1 is 1.43 bits per heavy atom. The number of nitrogens with two attached hydrogens (primary N) is 1. The lowest BCUT2D eigenvalue weighted by Gasteiger charge is -2.25. The zero-order valence-corrected chi connectivity index (χ0v) is 8.72. The summed E-state index contributed by atoms with van der Waals surface area (Å²) in [6.07, 6.45) is -2.78. The number of hydrogen-bond acceptors (Lipinski definition) is 7. The smallest absolute Gasteiger partial charge is 0.156 e. The van der Waals surface area contributed by atoms with Crippen LogP contribution in [0.3, 0.4) is 0 Å². The minimum Gasteiger partial charge on any atom is -0.394 e. The van der Waals surface area contributed by atoms with Crippen molar-refractivity contribution < 1.29 is 24.6 Å². The molecule has 0 aromatic carbocycles. The highest BCUT2D eigenvalue weighted by molar-refractivity contribution is 7.94. The lowest BCUT2D eigenvalue weighted by atomic mass is 10.2. The van der Waals surface area contributed by atoms with E-state index in [0.29, 0.717) is 0 Å². The van der Waals surface area contributed by atoms with Gasteiger partial charge in [-0.15, -0.1) is 0 Å². The first-order valence-electron chi connectivity index (χ1n) is 4.19. The number of hydrogen-bond donors (Lipinski definition) is 5. The van der Waals surface area contributed by atoms with E-state index in [1.54, 1.807) is 0 Å². The molecule has 0 bridgehead atoms. The molecule has 0 aromatic rings. The van der Waals surface area contributed by atoms with Crippen molar-refractivity contribution in [3.8, 4) is 0 Å². The van der Waals surface area contributed by atoms with E-state index in [0.717, 1.165) is 0 Å². The average molecular weight is 227 g/mol. The molecule has 0 radical (unpaired) electrons. The van der Waals surface area contributed by atoms with Crippen molar-refractivity contribution in [2.24, 2.45) is 5.73 Å². The molecular formula is C7H17NO5S. The molecule has 0 aromatic heterocycles. The van der Waals surface area contributed by atoms with Crippen LogP contribution in [0.25, 0.3) is 0 Å². The molecule has 0 amide bonds. The molecule has 0 saturated carbocycles. The first-order valence-corrected chi connectivity index (χ1v) is 5.03. The van der Waals surface area contributed by atoms with Crippen molar-refractivity contribution in [2.75, 3.05) is 13.2 Å². The second-order valence-electron chi connectivity index (χ2n) is 2.87. The Kier molecular flexibility index (Phi) is 7.47. The highest BCUT2D eigenvalue weighted by Crippen LogP contribution is 2.15. The molecule has 6 nitrogen and oxygen atoms in total. The van der Waals surface area contributed by atoms with E-state index in [9.17, 15) is 5.11 Å². The summed E-state index contributed by atoms with van der Waals surface area (Å²) in [6.45, 7) is 0.969. The van der Waals surface area contributed by atoms with Crippen molar-refractivity contribution >= 4 is 12.0 Å². The number of ether oxygens (including phenoxy) is 1. The van der Waals surface area contributed by atoms with Crippen LogP contribution in [0.15, 0.2) is 0 Å². The SMILES string of the molecule is C[C@@H](O)C(CO)OC(SO)[C@@H](O)CN. The summed E-state index contributed by atoms with van der Waals surface area (Å²) >= 11 is 0.289. The molecule has 7 heteroatoms. The van der Waals surface area contributed by atoms with Crippen LogP contribution in [-0.2, 0) is 4.74 Å². The van der Waals surface area contributed by atoms with Crippen molar-refractivity contribution in [3.63, 3.8) is 0 Å². The van der Waals surface area contributed by atoms with E-state index in [4.69, 9.17) is 25.2 Å². The summed E-state index contributed by atoms with van der Waals surface area (Å²) in [7, 11) is 0. The van der Waals surface area contributed by atoms with Crippen LogP contribution >= 0.6 is 12.0 Å². The van der Waals surface area contributed by atoms with Gasteiger partial charge in [0.25, 0.3) is 0 Å². The fourth-order valence-corrected chi connectivity index (χ4v) is 1.22. The summed E-state index contributed by atoms with van der Waals surface area (Å²) < 4.78 is 13.8. The Balaban J connectivity index is 4.13. The van der Waals surface area contributed by atoms with Crippen LogP contribution in [0.4, 0.5) is 0 Å². The third kappa shape index (κ3) is 4.56. The minimum absolute atomic E-state index is 0.0732. The Hall–Kier alpha value is 0.110. The minimum atomic E-state index is -1.04. The topological polar surface area (TPSA) is 116 Å². The van der Waals surface area contributed by atoms with Gasteiger partial charge in [-0.1, -0.05) is 0 Å². The second kappa shape index (κ2) is 7.41. The molecule has 0 saturated heterocycles. The molecule has 0 spiro atoms. The van der Waals surface area contributed by atoms with E-state index in [2.05, 4.69) is 0 Å². The Labute approximate surface area is 86.9 Å². The van der Waals surface area contributed by atoms with Gasteiger partial charge < -0.3 is 30.3 Å². The lowest BCUT2D eigenvalue weighted by molar-refractivity contribution is -0.0938. The quantitative estimate of drug-likeness (QED) is 0.268. The molecule has 0 fully saturated rings. The van der Waals surface area contributed by atoms with Crippen molar-refractivity contribution in [2.45, 2.75) is 30.7 Å². The number of aliphatic hydroxyl groups excluding tert-OH is 3. The van der Waals surface area contributed by atoms with E-state index in [1.807, 2.05) is 0 Å². The highest BCUT2D eigenvalue weighted by atomic mass is 32.2. The van der Waals surface area contributed by atoms with Gasteiger partial charge in [-0.25, -0.2) is 0 Å². The zero-order chi connectivity index (χ0) is 11.1. The van der Waals surface area contributed by atoms with Gasteiger partial charge in [0.1, 0.15) is 12.2 Å². The molecule has 14 heavy (non-hydrogen) atoms. The molecule has 4 atom stereocenters. The molecule has 0 heterocycles. The molecule has 86 valence electrons. The molecule has 0 aliphatic rings. The fourth-order valence-electron chi connectivity index (χ4n) is 0.778. The second-order valence-corrected chi connectivity index (χ2v) is 3.55. The van der Waals surface area contributed by atoms with Crippen LogP contribution in [0.1, 0.15) is 6.92 Å². The molecule has 2 unspecified atom stereocenters. The first kappa shape index (κ1) is 14.1. The van der Waals surface area contributed by atoms with E-state index in [1.165, 1.54) is 6.92 Å². The molecule has 0 aliphatic carbocycles. The standard InChI is InChI=1S/C7H17NO5S/c1-4(10)6(3-9)13-7(14-12)5(11)2-8/h4-7,9-12H,2-3,8H2,1H3/t4-,5+,6?,7?/m1/s1. The van der Waals surface area contributed by atoms with Crippen LogP contribution in [0.5, 0.6) is 0 Å². The van der Waals surface area contributed by atoms with Gasteiger partial charge in [-0.05, 0) is 6.92 Å². The van der Waals surface area contributed by atoms with Crippen LogP contribution in [-0.4, -0.2) is 56.8 Å². The molecular weight excluding hydrogens is 210 g/mol. The predicted octanol–water partition coefficient (Wildman–Crippen LogP) is -1.40. The van der Waals surface area contributed by atoms with Crippen molar-refractivity contribution in [1.29, 1.82) is 0 Å². The maximum atomic E-state index is 9.25. The van der Waals surface area contributed by atoms with Crippen molar-refractivity contribution in [3.05, 3.63) is 0 Å². The summed E-state index contributed by atoms with van der Waals surface area (Å²) in [4.78, 5) is 0. The van der Waals surface area contributed by atoms with Crippen LogP contribution in [0.2, 0.25) is 0 Å². The fraction of sp³-hybridized carbons (Fsp3) is 1.00. The maximum absolute atomic E-state index is 9.25. The van der Waals surface area contributed by atoms with Crippen LogP contribution < -0.4 is 5.73 Å². The maximum Gasteiger partial charge on any atom is 0.156 e. The normalized spacial score (nSPS) is 20.1. The Morgan fingerprint density at radius 2 is 2.00 bits per heavy atom. The Bertz CT molecular complexity index is 148.